The Morgan fingerprint density at radius 1 is 0.786 bits per heavy atom. The van der Waals surface area contributed by atoms with Crippen LogP contribution in [-0.4, -0.2) is 35.1 Å². The zero-order chi connectivity index (χ0) is 10.9. The van der Waals surface area contributed by atoms with Gasteiger partial charge in [-0.1, -0.05) is 29.0 Å². The Morgan fingerprint density at radius 2 is 1.29 bits per heavy atom. The molecule has 0 aromatic carbocycles. The molecule has 86 valence electrons. The topological polar surface area (TPSA) is 0 Å². The van der Waals surface area contributed by atoms with E-state index in [4.69, 9.17) is 0 Å². The van der Waals surface area contributed by atoms with Crippen molar-refractivity contribution in [2.24, 2.45) is 0 Å². The van der Waals surface area contributed by atoms with E-state index in [1.807, 2.05) is 0 Å². The quantitative estimate of drug-likeness (QED) is 0.262. The SMILES string of the molecule is CC[N+](CC)(CC)CCCCCCI. The van der Waals surface area contributed by atoms with Gasteiger partial charge in [-0.25, -0.2) is 0 Å². The molecule has 0 bridgehead atoms. The lowest BCUT2D eigenvalue weighted by molar-refractivity contribution is -0.923. The molecule has 0 N–H and O–H groups in total. The second-order valence-electron chi connectivity index (χ2n) is 4.12. The Hall–Kier alpha value is 0.690. The minimum atomic E-state index is 1.30. The van der Waals surface area contributed by atoms with Crippen molar-refractivity contribution in [3.05, 3.63) is 0 Å². The molecule has 0 heterocycles. The lowest BCUT2D eigenvalue weighted by atomic mass is 10.2. The van der Waals surface area contributed by atoms with E-state index in [0.717, 1.165) is 0 Å². The predicted octanol–water partition coefficient (Wildman–Crippen LogP) is 3.86. The molecule has 0 saturated heterocycles. The first-order valence-electron chi connectivity index (χ1n) is 6.15. The molecule has 0 rings (SSSR count). The number of hydrogen-bond acceptors (Lipinski definition) is 0. The average Bonchev–Trinajstić information content (AvgIpc) is 2.24. The number of unbranched alkanes of at least 4 members (excludes halogenated alkanes) is 3. The van der Waals surface area contributed by atoms with Crippen molar-refractivity contribution in [1.29, 1.82) is 0 Å². The van der Waals surface area contributed by atoms with Crippen LogP contribution in [0.1, 0.15) is 46.5 Å². The number of quaternary nitrogens is 1. The van der Waals surface area contributed by atoms with Crippen LogP contribution in [0.4, 0.5) is 0 Å². The maximum absolute atomic E-state index is 2.47. The van der Waals surface area contributed by atoms with Gasteiger partial charge in [0, 0.05) is 0 Å². The van der Waals surface area contributed by atoms with Gasteiger partial charge in [-0.3, -0.25) is 0 Å². The number of halogens is 1. The van der Waals surface area contributed by atoms with Crippen LogP contribution in [0.2, 0.25) is 0 Å². The van der Waals surface area contributed by atoms with E-state index < -0.39 is 0 Å². The van der Waals surface area contributed by atoms with E-state index in [2.05, 4.69) is 43.4 Å². The second-order valence-corrected chi connectivity index (χ2v) is 5.20. The summed E-state index contributed by atoms with van der Waals surface area (Å²) in [4.78, 5) is 0. The first kappa shape index (κ1) is 14.7. The Morgan fingerprint density at radius 3 is 1.71 bits per heavy atom. The van der Waals surface area contributed by atoms with E-state index in [0.29, 0.717) is 0 Å². The van der Waals surface area contributed by atoms with Crippen molar-refractivity contribution in [3.8, 4) is 0 Å². The zero-order valence-electron chi connectivity index (χ0n) is 10.2. The van der Waals surface area contributed by atoms with Gasteiger partial charge in [-0.05, 0) is 44.5 Å². The number of hydrogen-bond donors (Lipinski definition) is 0. The van der Waals surface area contributed by atoms with Gasteiger partial charge < -0.3 is 4.48 Å². The highest BCUT2D eigenvalue weighted by Gasteiger charge is 2.19. The largest absolute Gasteiger partial charge is 0.324 e. The van der Waals surface area contributed by atoms with Crippen LogP contribution >= 0.6 is 22.6 Å². The summed E-state index contributed by atoms with van der Waals surface area (Å²) in [6.45, 7) is 12.3. The fraction of sp³-hybridized carbons (Fsp3) is 1.00. The molecule has 0 aliphatic rings. The maximum atomic E-state index is 2.47. The molecular weight excluding hydrogens is 285 g/mol. The van der Waals surface area contributed by atoms with Crippen LogP contribution < -0.4 is 0 Å². The van der Waals surface area contributed by atoms with Gasteiger partial charge in [0.15, 0.2) is 0 Å². The van der Waals surface area contributed by atoms with E-state index in [9.17, 15) is 0 Å². The van der Waals surface area contributed by atoms with Gasteiger partial charge in [-0.15, -0.1) is 0 Å². The van der Waals surface area contributed by atoms with Crippen LogP contribution in [-0.2, 0) is 0 Å². The van der Waals surface area contributed by atoms with E-state index in [1.54, 1.807) is 0 Å². The highest BCUT2D eigenvalue weighted by molar-refractivity contribution is 14.1. The van der Waals surface area contributed by atoms with Gasteiger partial charge in [0.2, 0.25) is 0 Å². The van der Waals surface area contributed by atoms with Crippen LogP contribution in [0.25, 0.3) is 0 Å². The highest BCUT2D eigenvalue weighted by atomic mass is 127. The number of rotatable bonds is 9. The van der Waals surface area contributed by atoms with Crippen LogP contribution in [0.3, 0.4) is 0 Å². The van der Waals surface area contributed by atoms with Crippen LogP contribution in [0.15, 0.2) is 0 Å². The molecule has 14 heavy (non-hydrogen) atoms. The van der Waals surface area contributed by atoms with Crippen molar-refractivity contribution in [3.63, 3.8) is 0 Å². The monoisotopic (exact) mass is 312 g/mol. The summed E-state index contributed by atoms with van der Waals surface area (Å²) >= 11 is 2.47. The third-order valence-electron chi connectivity index (χ3n) is 3.53. The Balaban J connectivity index is 3.61. The molecule has 0 radical (unpaired) electrons. The molecule has 0 atom stereocenters. The van der Waals surface area contributed by atoms with E-state index in [-0.39, 0.29) is 0 Å². The number of nitrogens with zero attached hydrogens (tertiary/aromatic N) is 1. The fourth-order valence-corrected chi connectivity index (χ4v) is 2.58. The molecule has 0 fully saturated rings. The van der Waals surface area contributed by atoms with Gasteiger partial charge in [0.05, 0.1) is 26.2 Å². The first-order valence-corrected chi connectivity index (χ1v) is 7.68. The first-order chi connectivity index (χ1) is 6.74. The third-order valence-corrected chi connectivity index (χ3v) is 4.29. The van der Waals surface area contributed by atoms with Crippen molar-refractivity contribution >= 4 is 22.6 Å². The third kappa shape index (κ3) is 5.54. The zero-order valence-corrected chi connectivity index (χ0v) is 12.3. The molecular formula is C12H27IN+. The lowest BCUT2D eigenvalue weighted by Crippen LogP contribution is -2.48. The number of alkyl halides is 1. The summed E-state index contributed by atoms with van der Waals surface area (Å²) in [6.07, 6.45) is 5.69. The van der Waals surface area contributed by atoms with E-state index >= 15 is 0 Å². The summed E-state index contributed by atoms with van der Waals surface area (Å²) < 4.78 is 2.65. The average molecular weight is 312 g/mol. The molecule has 1 nitrogen and oxygen atoms in total. The van der Waals surface area contributed by atoms with Crippen molar-refractivity contribution in [2.75, 3.05) is 30.6 Å². The minimum absolute atomic E-state index is 1.30. The van der Waals surface area contributed by atoms with Crippen LogP contribution in [0, 0.1) is 0 Å². The summed E-state index contributed by atoms with van der Waals surface area (Å²) in [5.41, 5.74) is 0. The summed E-state index contributed by atoms with van der Waals surface area (Å²) in [7, 11) is 0. The summed E-state index contributed by atoms with van der Waals surface area (Å²) in [5, 5.41) is 0. The van der Waals surface area contributed by atoms with Gasteiger partial charge in [0.25, 0.3) is 0 Å². The maximum Gasteiger partial charge on any atom is 0.0786 e. The standard InChI is InChI=1S/C12H27IN/c1-4-14(5-2,6-3)12-10-8-7-9-11-13/h4-12H2,1-3H3/q+1. The molecule has 0 spiro atoms. The van der Waals surface area contributed by atoms with Crippen molar-refractivity contribution < 1.29 is 4.48 Å². The molecule has 0 aromatic rings. The molecule has 0 amide bonds. The molecule has 0 aromatic heterocycles. The molecule has 0 unspecified atom stereocenters. The van der Waals surface area contributed by atoms with E-state index in [1.165, 1.54) is 60.8 Å². The second kappa shape index (κ2) is 8.96. The van der Waals surface area contributed by atoms with Gasteiger partial charge in [0.1, 0.15) is 0 Å². The summed E-state index contributed by atoms with van der Waals surface area (Å²) in [5.74, 6) is 0. The molecule has 0 aliphatic heterocycles. The fourth-order valence-electron chi connectivity index (χ4n) is 2.04. The highest BCUT2D eigenvalue weighted by Crippen LogP contribution is 2.10. The van der Waals surface area contributed by atoms with Crippen molar-refractivity contribution in [1.82, 2.24) is 0 Å². The predicted molar refractivity (Wildman–Crippen MR) is 74.1 cm³/mol. The Kier molecular flexibility index (Phi) is 9.40. The molecule has 2 heteroatoms. The molecule has 0 saturated carbocycles. The molecule has 0 aliphatic carbocycles. The van der Waals surface area contributed by atoms with Gasteiger partial charge in [-0.2, -0.15) is 0 Å². The minimum Gasteiger partial charge on any atom is -0.324 e. The van der Waals surface area contributed by atoms with Crippen LogP contribution in [0.5, 0.6) is 0 Å². The smallest absolute Gasteiger partial charge is 0.0786 e. The summed E-state index contributed by atoms with van der Waals surface area (Å²) in [6, 6.07) is 0. The Bertz CT molecular complexity index is 113. The normalized spacial score (nSPS) is 12.0. The van der Waals surface area contributed by atoms with Crippen molar-refractivity contribution in [2.45, 2.75) is 46.5 Å². The Labute approximate surface area is 104 Å². The van der Waals surface area contributed by atoms with Gasteiger partial charge >= 0.3 is 0 Å². The lowest BCUT2D eigenvalue weighted by Gasteiger charge is -2.35.